The first-order chi connectivity index (χ1) is 10.6. The fourth-order valence-electron chi connectivity index (χ4n) is 2.46. The highest BCUT2D eigenvalue weighted by Crippen LogP contribution is 2.22. The molecular weight excluding hydrogens is 286 g/mol. The summed E-state index contributed by atoms with van der Waals surface area (Å²) in [5.74, 6) is -0.821. The Morgan fingerprint density at radius 3 is 2.50 bits per heavy atom. The summed E-state index contributed by atoms with van der Waals surface area (Å²) in [4.78, 5) is 23.8. The van der Waals surface area contributed by atoms with E-state index in [0.717, 1.165) is 24.8 Å². The summed E-state index contributed by atoms with van der Waals surface area (Å²) in [6.07, 6.45) is 5.02. The van der Waals surface area contributed by atoms with Crippen LogP contribution in [0.4, 0.5) is 0 Å². The molecular formula is C16H25NO5. The van der Waals surface area contributed by atoms with Crippen LogP contribution in [-0.4, -0.2) is 42.4 Å². The molecule has 0 aliphatic rings. The first-order valence-corrected chi connectivity index (χ1v) is 7.55. The highest BCUT2D eigenvalue weighted by atomic mass is 16.5. The van der Waals surface area contributed by atoms with Crippen molar-refractivity contribution in [2.45, 2.75) is 45.6 Å². The molecule has 0 saturated heterocycles. The Kier molecular flexibility index (Phi) is 7.66. The van der Waals surface area contributed by atoms with Crippen LogP contribution in [0.25, 0.3) is 0 Å². The molecule has 1 aromatic rings. The minimum atomic E-state index is -0.428. The van der Waals surface area contributed by atoms with Crippen molar-refractivity contribution in [2.75, 3.05) is 20.8 Å². The largest absolute Gasteiger partial charge is 0.469 e. The molecule has 0 radical (unpaired) electrons. The fraction of sp³-hybridized carbons (Fsp3) is 0.625. The molecule has 0 aliphatic carbocycles. The van der Waals surface area contributed by atoms with Crippen LogP contribution in [-0.2, 0) is 33.7 Å². The maximum atomic E-state index is 12.1. The summed E-state index contributed by atoms with van der Waals surface area (Å²) in [7, 11) is 2.66. The number of carbonyl (C=O) groups excluding carboxylic acids is 2. The number of hydrogen-bond donors (Lipinski definition) is 1. The van der Waals surface area contributed by atoms with Gasteiger partial charge in [-0.25, -0.2) is 4.79 Å². The van der Waals surface area contributed by atoms with Crippen LogP contribution in [0.2, 0.25) is 0 Å². The summed E-state index contributed by atoms with van der Waals surface area (Å²) >= 11 is 0. The van der Waals surface area contributed by atoms with Crippen LogP contribution in [0, 0.1) is 0 Å². The number of unbranched alkanes of at least 4 members (excludes halogenated alkanes) is 1. The predicted octanol–water partition coefficient (Wildman–Crippen LogP) is 1.72. The normalized spacial score (nSPS) is 10.5. The molecule has 0 spiro atoms. The second kappa shape index (κ2) is 9.25. The summed E-state index contributed by atoms with van der Waals surface area (Å²) in [5, 5.41) is 8.91. The van der Waals surface area contributed by atoms with Gasteiger partial charge in [0.15, 0.2) is 0 Å². The SMILES string of the molecule is CCCc1cn(CCCCO)c(CC(=O)OC)c1C(=O)OC. The molecule has 124 valence electrons. The van der Waals surface area contributed by atoms with E-state index in [1.165, 1.54) is 14.2 Å². The smallest absolute Gasteiger partial charge is 0.339 e. The molecule has 0 bridgehead atoms. The maximum Gasteiger partial charge on any atom is 0.339 e. The molecule has 0 saturated carbocycles. The van der Waals surface area contributed by atoms with Crippen molar-refractivity contribution < 1.29 is 24.2 Å². The van der Waals surface area contributed by atoms with E-state index in [1.807, 2.05) is 17.7 Å². The molecule has 0 atom stereocenters. The Balaban J connectivity index is 3.21. The fourth-order valence-corrected chi connectivity index (χ4v) is 2.46. The predicted molar refractivity (Wildman–Crippen MR) is 81.8 cm³/mol. The molecule has 1 N–H and O–H groups in total. The molecule has 0 aliphatic heterocycles. The number of esters is 2. The van der Waals surface area contributed by atoms with Crippen LogP contribution in [0.3, 0.4) is 0 Å². The van der Waals surface area contributed by atoms with E-state index < -0.39 is 11.9 Å². The third kappa shape index (κ3) is 4.59. The standard InChI is InChI=1S/C16H25NO5/c1-4-7-12-11-17(8-5-6-9-18)13(10-14(19)21-2)15(12)16(20)22-3/h11,18H,4-10H2,1-3H3. The molecule has 0 fully saturated rings. The number of methoxy groups -OCH3 is 2. The van der Waals surface area contributed by atoms with Crippen molar-refractivity contribution in [3.63, 3.8) is 0 Å². The van der Waals surface area contributed by atoms with Crippen molar-refractivity contribution in [3.05, 3.63) is 23.0 Å². The van der Waals surface area contributed by atoms with Gasteiger partial charge in [-0.15, -0.1) is 0 Å². The van der Waals surface area contributed by atoms with Crippen LogP contribution in [0.5, 0.6) is 0 Å². The number of aliphatic hydroxyl groups is 1. The molecule has 1 heterocycles. The Labute approximate surface area is 131 Å². The number of carbonyl (C=O) groups is 2. The second-order valence-electron chi connectivity index (χ2n) is 5.09. The average Bonchev–Trinajstić information content (AvgIpc) is 2.84. The number of aryl methyl sites for hydroxylation is 2. The van der Waals surface area contributed by atoms with E-state index in [4.69, 9.17) is 14.6 Å². The monoisotopic (exact) mass is 311 g/mol. The number of aromatic nitrogens is 1. The summed E-state index contributed by atoms with van der Waals surface area (Å²) in [6, 6.07) is 0. The number of aliphatic hydroxyl groups excluding tert-OH is 1. The molecule has 0 amide bonds. The molecule has 0 aromatic carbocycles. The van der Waals surface area contributed by atoms with Gasteiger partial charge >= 0.3 is 11.9 Å². The van der Waals surface area contributed by atoms with E-state index in [0.29, 0.717) is 24.2 Å². The van der Waals surface area contributed by atoms with E-state index in [-0.39, 0.29) is 13.0 Å². The lowest BCUT2D eigenvalue weighted by Gasteiger charge is -2.10. The Morgan fingerprint density at radius 2 is 1.95 bits per heavy atom. The molecule has 1 rings (SSSR count). The van der Waals surface area contributed by atoms with Gasteiger partial charge in [-0.05, 0) is 24.8 Å². The van der Waals surface area contributed by atoms with Crippen molar-refractivity contribution >= 4 is 11.9 Å². The van der Waals surface area contributed by atoms with Gasteiger partial charge in [0.2, 0.25) is 0 Å². The number of nitrogens with zero attached hydrogens (tertiary/aromatic N) is 1. The van der Waals surface area contributed by atoms with Gasteiger partial charge in [-0.2, -0.15) is 0 Å². The Bertz CT molecular complexity index is 507. The third-order valence-electron chi connectivity index (χ3n) is 3.52. The zero-order chi connectivity index (χ0) is 16.5. The molecule has 6 nitrogen and oxygen atoms in total. The molecule has 1 aromatic heterocycles. The van der Waals surface area contributed by atoms with Crippen LogP contribution in [0.1, 0.15) is 47.8 Å². The second-order valence-corrected chi connectivity index (χ2v) is 5.09. The van der Waals surface area contributed by atoms with Crippen LogP contribution < -0.4 is 0 Å². The summed E-state index contributed by atoms with van der Waals surface area (Å²) in [6.45, 7) is 2.80. The summed E-state index contributed by atoms with van der Waals surface area (Å²) in [5.41, 5.74) is 1.98. The highest BCUT2D eigenvalue weighted by Gasteiger charge is 2.24. The summed E-state index contributed by atoms with van der Waals surface area (Å²) < 4.78 is 11.5. The van der Waals surface area contributed by atoms with E-state index >= 15 is 0 Å². The highest BCUT2D eigenvalue weighted by molar-refractivity contribution is 5.94. The maximum absolute atomic E-state index is 12.1. The van der Waals surface area contributed by atoms with Crippen molar-refractivity contribution in [1.82, 2.24) is 4.57 Å². The van der Waals surface area contributed by atoms with Crippen molar-refractivity contribution in [1.29, 1.82) is 0 Å². The quantitative estimate of drug-likeness (QED) is 0.555. The lowest BCUT2D eigenvalue weighted by molar-refractivity contribution is -0.139. The van der Waals surface area contributed by atoms with Gasteiger partial charge in [0.05, 0.1) is 26.2 Å². The zero-order valence-electron chi connectivity index (χ0n) is 13.6. The minimum Gasteiger partial charge on any atom is -0.469 e. The molecule has 0 unspecified atom stereocenters. The van der Waals surface area contributed by atoms with Gasteiger partial charge in [0.1, 0.15) is 0 Å². The Morgan fingerprint density at radius 1 is 1.23 bits per heavy atom. The average molecular weight is 311 g/mol. The van der Waals surface area contributed by atoms with E-state index in [1.54, 1.807) is 0 Å². The van der Waals surface area contributed by atoms with Gasteiger partial charge < -0.3 is 19.1 Å². The van der Waals surface area contributed by atoms with Crippen LogP contribution in [0.15, 0.2) is 6.20 Å². The van der Waals surface area contributed by atoms with Gasteiger partial charge in [-0.1, -0.05) is 13.3 Å². The molecule has 6 heteroatoms. The Hall–Kier alpha value is -1.82. The number of rotatable bonds is 9. The van der Waals surface area contributed by atoms with E-state index in [2.05, 4.69) is 0 Å². The van der Waals surface area contributed by atoms with Gasteiger partial charge in [0, 0.05) is 25.0 Å². The third-order valence-corrected chi connectivity index (χ3v) is 3.52. The number of hydrogen-bond acceptors (Lipinski definition) is 5. The first kappa shape index (κ1) is 18.2. The van der Waals surface area contributed by atoms with Crippen molar-refractivity contribution in [2.24, 2.45) is 0 Å². The zero-order valence-corrected chi connectivity index (χ0v) is 13.6. The topological polar surface area (TPSA) is 77.8 Å². The van der Waals surface area contributed by atoms with Crippen LogP contribution >= 0.6 is 0 Å². The van der Waals surface area contributed by atoms with Gasteiger partial charge in [-0.3, -0.25) is 4.79 Å². The lowest BCUT2D eigenvalue weighted by Crippen LogP contribution is -2.15. The van der Waals surface area contributed by atoms with Gasteiger partial charge in [0.25, 0.3) is 0 Å². The van der Waals surface area contributed by atoms with Crippen molar-refractivity contribution in [3.8, 4) is 0 Å². The lowest BCUT2D eigenvalue weighted by atomic mass is 10.1. The first-order valence-electron chi connectivity index (χ1n) is 7.55. The minimum absolute atomic E-state index is 0.0315. The molecule has 22 heavy (non-hydrogen) atoms. The number of ether oxygens (including phenoxy) is 2. The van der Waals surface area contributed by atoms with E-state index in [9.17, 15) is 9.59 Å².